The first kappa shape index (κ1) is 18.8. The monoisotopic (exact) mass is 391 g/mol. The molecule has 3 aromatic rings. The molecule has 0 radical (unpaired) electrons. The van der Waals surface area contributed by atoms with E-state index in [4.69, 9.17) is 9.15 Å². The zero-order valence-electron chi connectivity index (χ0n) is 14.9. The normalized spacial score (nSPS) is 11.4. The van der Waals surface area contributed by atoms with Crippen LogP contribution in [0.4, 0.5) is 0 Å². The fourth-order valence-electron chi connectivity index (χ4n) is 2.78. The van der Waals surface area contributed by atoms with Crippen molar-refractivity contribution in [2.75, 3.05) is 20.7 Å². The Morgan fingerprint density at radius 2 is 2.15 bits per heavy atom. The van der Waals surface area contributed by atoms with Gasteiger partial charge in [-0.15, -0.1) is 23.1 Å². The molecule has 0 spiro atoms. The second-order valence-electron chi connectivity index (χ2n) is 6.02. The molecule has 0 saturated heterocycles. The van der Waals surface area contributed by atoms with Crippen molar-refractivity contribution in [1.82, 2.24) is 4.90 Å². The lowest BCUT2D eigenvalue weighted by Gasteiger charge is -2.13. The Hall–Kier alpha value is -1.96. The van der Waals surface area contributed by atoms with Gasteiger partial charge in [0.1, 0.15) is 22.7 Å². The lowest BCUT2D eigenvalue weighted by molar-refractivity contribution is 0.0526. The molecule has 0 aliphatic carbocycles. The van der Waals surface area contributed by atoms with Crippen molar-refractivity contribution in [1.29, 1.82) is 0 Å². The van der Waals surface area contributed by atoms with Gasteiger partial charge in [0.2, 0.25) is 0 Å². The molecule has 0 amide bonds. The van der Waals surface area contributed by atoms with E-state index in [1.54, 1.807) is 42.2 Å². The SMILES string of the molecule is CCOC(=O)c1c(CSc2cccs2)oc2ccc(O)c(CN(C)C)c12. The smallest absolute Gasteiger partial charge is 0.342 e. The van der Waals surface area contributed by atoms with Gasteiger partial charge in [0.25, 0.3) is 0 Å². The second-order valence-corrected chi connectivity index (χ2v) is 8.24. The number of rotatable bonds is 7. The summed E-state index contributed by atoms with van der Waals surface area (Å²) in [6.07, 6.45) is 0. The fraction of sp³-hybridized carbons (Fsp3) is 0.316. The van der Waals surface area contributed by atoms with E-state index >= 15 is 0 Å². The van der Waals surface area contributed by atoms with E-state index in [0.717, 1.165) is 4.21 Å². The molecule has 0 atom stereocenters. The molecule has 7 heteroatoms. The second kappa shape index (κ2) is 8.16. The zero-order valence-corrected chi connectivity index (χ0v) is 16.6. The minimum absolute atomic E-state index is 0.148. The maximum Gasteiger partial charge on any atom is 0.342 e. The molecule has 0 aliphatic rings. The highest BCUT2D eigenvalue weighted by Gasteiger charge is 2.26. The Balaban J connectivity index is 2.10. The molecule has 0 saturated carbocycles. The molecule has 0 unspecified atom stereocenters. The highest BCUT2D eigenvalue weighted by molar-refractivity contribution is 8.00. The van der Waals surface area contributed by atoms with Crippen LogP contribution in [0.5, 0.6) is 5.75 Å². The van der Waals surface area contributed by atoms with E-state index in [2.05, 4.69) is 0 Å². The quantitative estimate of drug-likeness (QED) is 0.464. The maximum absolute atomic E-state index is 12.7. The summed E-state index contributed by atoms with van der Waals surface area (Å²) in [5.74, 6) is 0.821. The highest BCUT2D eigenvalue weighted by Crippen LogP contribution is 2.38. The van der Waals surface area contributed by atoms with Gasteiger partial charge in [-0.3, -0.25) is 0 Å². The number of hydrogen-bond acceptors (Lipinski definition) is 7. The van der Waals surface area contributed by atoms with Gasteiger partial charge >= 0.3 is 5.97 Å². The van der Waals surface area contributed by atoms with Crippen molar-refractivity contribution in [3.05, 3.63) is 46.5 Å². The van der Waals surface area contributed by atoms with Crippen LogP contribution in [-0.4, -0.2) is 36.7 Å². The van der Waals surface area contributed by atoms with Crippen molar-refractivity contribution in [2.24, 2.45) is 0 Å². The fourth-order valence-corrected chi connectivity index (χ4v) is 4.49. The molecule has 138 valence electrons. The van der Waals surface area contributed by atoms with E-state index in [-0.39, 0.29) is 12.4 Å². The van der Waals surface area contributed by atoms with Crippen LogP contribution >= 0.6 is 23.1 Å². The Labute approximate surface area is 160 Å². The van der Waals surface area contributed by atoms with E-state index < -0.39 is 5.97 Å². The van der Waals surface area contributed by atoms with Crippen LogP contribution < -0.4 is 0 Å². The summed E-state index contributed by atoms with van der Waals surface area (Å²) >= 11 is 3.26. The van der Waals surface area contributed by atoms with E-state index in [1.807, 2.05) is 36.5 Å². The van der Waals surface area contributed by atoms with Crippen LogP contribution in [-0.2, 0) is 17.0 Å². The summed E-state index contributed by atoms with van der Waals surface area (Å²) in [5, 5.41) is 13.0. The molecule has 0 aliphatic heterocycles. The number of fused-ring (bicyclic) bond motifs is 1. The molecular formula is C19H21NO4S2. The zero-order chi connectivity index (χ0) is 18.7. The average Bonchev–Trinajstić information content (AvgIpc) is 3.22. The molecular weight excluding hydrogens is 370 g/mol. The number of furan rings is 1. The molecule has 5 nitrogen and oxygen atoms in total. The Kier molecular flexibility index (Phi) is 5.90. The lowest BCUT2D eigenvalue weighted by atomic mass is 10.0. The minimum Gasteiger partial charge on any atom is -0.508 e. The number of esters is 1. The van der Waals surface area contributed by atoms with Crippen molar-refractivity contribution in [2.45, 2.75) is 23.4 Å². The van der Waals surface area contributed by atoms with Gasteiger partial charge < -0.3 is 19.2 Å². The van der Waals surface area contributed by atoms with Crippen molar-refractivity contribution < 1.29 is 19.1 Å². The third-order valence-corrected chi connectivity index (χ3v) is 5.94. The molecule has 2 aromatic heterocycles. The number of hydrogen-bond donors (Lipinski definition) is 1. The number of phenols is 1. The molecule has 0 fully saturated rings. The largest absolute Gasteiger partial charge is 0.508 e. The van der Waals surface area contributed by atoms with Crippen LogP contribution in [0.2, 0.25) is 0 Å². The van der Waals surface area contributed by atoms with Crippen molar-refractivity contribution in [3.63, 3.8) is 0 Å². The number of aromatic hydroxyl groups is 1. The minimum atomic E-state index is -0.418. The number of thiophene rings is 1. The average molecular weight is 392 g/mol. The number of phenolic OH excluding ortho intramolecular Hbond substituents is 1. The first-order valence-corrected chi connectivity index (χ1v) is 10.1. The number of carbonyl (C=O) groups is 1. The number of benzene rings is 1. The van der Waals surface area contributed by atoms with Crippen LogP contribution in [0, 0.1) is 0 Å². The summed E-state index contributed by atoms with van der Waals surface area (Å²) in [7, 11) is 3.83. The molecule has 2 heterocycles. The van der Waals surface area contributed by atoms with Crippen LogP contribution in [0.1, 0.15) is 28.6 Å². The van der Waals surface area contributed by atoms with Crippen LogP contribution in [0.3, 0.4) is 0 Å². The predicted molar refractivity (Wildman–Crippen MR) is 105 cm³/mol. The topological polar surface area (TPSA) is 62.9 Å². The molecule has 3 rings (SSSR count). The predicted octanol–water partition coefficient (Wildman–Crippen LogP) is 4.73. The molecule has 1 aromatic carbocycles. The molecule has 0 bridgehead atoms. The first-order valence-electron chi connectivity index (χ1n) is 8.25. The Morgan fingerprint density at radius 3 is 2.81 bits per heavy atom. The summed E-state index contributed by atoms with van der Waals surface area (Å²) < 4.78 is 12.4. The van der Waals surface area contributed by atoms with E-state index in [9.17, 15) is 9.90 Å². The van der Waals surface area contributed by atoms with Gasteiger partial charge in [-0.25, -0.2) is 4.79 Å². The number of carbonyl (C=O) groups excluding carboxylic acids is 1. The molecule has 26 heavy (non-hydrogen) atoms. The summed E-state index contributed by atoms with van der Waals surface area (Å²) in [5.41, 5.74) is 1.68. The number of nitrogens with zero attached hydrogens (tertiary/aromatic N) is 1. The Bertz CT molecular complexity index is 900. The summed E-state index contributed by atoms with van der Waals surface area (Å²) in [6, 6.07) is 7.33. The first-order chi connectivity index (χ1) is 12.5. The van der Waals surface area contributed by atoms with E-state index in [1.165, 1.54) is 0 Å². The highest BCUT2D eigenvalue weighted by atomic mass is 32.2. The number of thioether (sulfide) groups is 1. The Morgan fingerprint density at radius 1 is 1.35 bits per heavy atom. The molecule has 1 N–H and O–H groups in total. The van der Waals surface area contributed by atoms with Gasteiger partial charge in [-0.1, -0.05) is 6.07 Å². The standard InChI is InChI=1S/C19H21NO4S2/c1-4-23-19(22)18-15(11-26-16-6-5-9-25-16)24-14-8-7-13(21)12(17(14)18)10-20(2)3/h5-9,21H,4,10-11H2,1-3H3. The lowest BCUT2D eigenvalue weighted by Crippen LogP contribution is -2.12. The van der Waals surface area contributed by atoms with Gasteiger partial charge in [0.15, 0.2) is 0 Å². The number of ether oxygens (including phenoxy) is 1. The van der Waals surface area contributed by atoms with Gasteiger partial charge in [0.05, 0.1) is 16.6 Å². The van der Waals surface area contributed by atoms with Crippen LogP contribution in [0.25, 0.3) is 11.0 Å². The third kappa shape index (κ3) is 3.90. The maximum atomic E-state index is 12.7. The van der Waals surface area contributed by atoms with Gasteiger partial charge in [-0.2, -0.15) is 0 Å². The summed E-state index contributed by atoms with van der Waals surface area (Å²) in [4.78, 5) is 14.6. The van der Waals surface area contributed by atoms with E-state index in [0.29, 0.717) is 40.2 Å². The third-order valence-electron chi connectivity index (χ3n) is 3.81. The summed E-state index contributed by atoms with van der Waals surface area (Å²) in [6.45, 7) is 2.55. The van der Waals surface area contributed by atoms with Gasteiger partial charge in [-0.05, 0) is 44.6 Å². The van der Waals surface area contributed by atoms with Crippen LogP contribution in [0.15, 0.2) is 38.3 Å². The van der Waals surface area contributed by atoms with Crippen molar-refractivity contribution >= 4 is 40.0 Å². The van der Waals surface area contributed by atoms with Gasteiger partial charge in [0, 0.05) is 17.5 Å². The van der Waals surface area contributed by atoms with Crippen molar-refractivity contribution in [3.8, 4) is 5.75 Å².